The topological polar surface area (TPSA) is 52.1 Å². The average molecular weight is 388 g/mol. The number of hydrogen-bond acceptors (Lipinski definition) is 4. The number of guanidine groups is 1. The number of nitrogens with one attached hydrogen (secondary N) is 2. The van der Waals surface area contributed by atoms with Gasteiger partial charge in [0.15, 0.2) is 5.96 Å². The number of benzene rings is 1. The van der Waals surface area contributed by atoms with Crippen molar-refractivity contribution in [3.8, 4) is 0 Å². The van der Waals surface area contributed by atoms with Crippen LogP contribution in [0.1, 0.15) is 25.7 Å². The third kappa shape index (κ3) is 6.38. The van der Waals surface area contributed by atoms with Crippen molar-refractivity contribution in [2.45, 2.75) is 31.7 Å². The maximum Gasteiger partial charge on any atom is 0.191 e. The van der Waals surface area contributed by atoms with Crippen LogP contribution in [-0.2, 0) is 4.74 Å². The van der Waals surface area contributed by atoms with Crippen LogP contribution in [0.3, 0.4) is 0 Å². The molecule has 0 bridgehead atoms. The average Bonchev–Trinajstić information content (AvgIpc) is 2.76. The van der Waals surface area contributed by atoms with Crippen molar-refractivity contribution < 1.29 is 4.74 Å². The summed E-state index contributed by atoms with van der Waals surface area (Å²) in [5, 5.41) is 7.23. The van der Waals surface area contributed by atoms with E-state index >= 15 is 0 Å². The third-order valence-corrected chi connectivity index (χ3v) is 5.98. The van der Waals surface area contributed by atoms with Gasteiger partial charge < -0.3 is 25.2 Å². The lowest BCUT2D eigenvalue weighted by atomic mass is 9.97. The number of methoxy groups -OCH3 is 1. The zero-order chi connectivity index (χ0) is 19.6. The van der Waals surface area contributed by atoms with Crippen molar-refractivity contribution in [3.63, 3.8) is 0 Å². The molecule has 3 rings (SSSR count). The number of piperidine rings is 2. The molecule has 0 saturated carbocycles. The summed E-state index contributed by atoms with van der Waals surface area (Å²) in [6.45, 7) is 7.42. The van der Waals surface area contributed by atoms with Gasteiger partial charge in [-0.25, -0.2) is 0 Å². The van der Waals surface area contributed by atoms with Gasteiger partial charge in [-0.2, -0.15) is 0 Å². The Morgan fingerprint density at radius 2 is 1.93 bits per heavy atom. The fourth-order valence-electron chi connectivity index (χ4n) is 4.23. The second-order valence-electron chi connectivity index (χ2n) is 8.00. The highest BCUT2D eigenvalue weighted by molar-refractivity contribution is 5.80. The lowest BCUT2D eigenvalue weighted by Crippen LogP contribution is -2.52. The molecule has 0 aromatic heterocycles. The minimum Gasteiger partial charge on any atom is -0.383 e. The summed E-state index contributed by atoms with van der Waals surface area (Å²) in [5.41, 5.74) is 1.32. The zero-order valence-electron chi connectivity index (χ0n) is 17.6. The van der Waals surface area contributed by atoms with E-state index in [2.05, 4.69) is 55.8 Å². The maximum atomic E-state index is 5.19. The predicted molar refractivity (Wildman–Crippen MR) is 117 cm³/mol. The molecule has 2 saturated heterocycles. The van der Waals surface area contributed by atoms with Gasteiger partial charge in [0.2, 0.25) is 0 Å². The first-order chi connectivity index (χ1) is 13.8. The number of hydrogen-bond donors (Lipinski definition) is 2. The molecule has 2 aliphatic heterocycles. The van der Waals surface area contributed by atoms with E-state index in [9.17, 15) is 0 Å². The molecule has 2 fully saturated rings. The molecular formula is C22H37N5O. The van der Waals surface area contributed by atoms with Crippen LogP contribution < -0.4 is 15.5 Å². The molecule has 0 aliphatic carbocycles. The van der Waals surface area contributed by atoms with Gasteiger partial charge in [-0.3, -0.25) is 4.99 Å². The summed E-state index contributed by atoms with van der Waals surface area (Å²) >= 11 is 0. The highest BCUT2D eigenvalue weighted by atomic mass is 16.5. The Balaban J connectivity index is 1.40. The van der Waals surface area contributed by atoms with Crippen LogP contribution in [0.5, 0.6) is 0 Å². The molecule has 1 unspecified atom stereocenters. The minimum atomic E-state index is 0.441. The summed E-state index contributed by atoms with van der Waals surface area (Å²) < 4.78 is 5.19. The Labute approximate surface area is 170 Å². The van der Waals surface area contributed by atoms with Crippen LogP contribution in [-0.4, -0.2) is 76.9 Å². The molecule has 0 spiro atoms. The second-order valence-corrected chi connectivity index (χ2v) is 8.00. The molecular weight excluding hydrogens is 350 g/mol. The third-order valence-electron chi connectivity index (χ3n) is 5.98. The summed E-state index contributed by atoms with van der Waals surface area (Å²) in [5.74, 6) is 1.67. The molecule has 6 nitrogen and oxygen atoms in total. The van der Waals surface area contributed by atoms with Crippen molar-refractivity contribution in [1.82, 2.24) is 15.5 Å². The van der Waals surface area contributed by atoms with Gasteiger partial charge in [-0.05, 0) is 56.8 Å². The Hall–Kier alpha value is -1.79. The Morgan fingerprint density at radius 1 is 1.14 bits per heavy atom. The second kappa shape index (κ2) is 11.3. The van der Waals surface area contributed by atoms with Gasteiger partial charge >= 0.3 is 0 Å². The molecule has 6 heteroatoms. The molecule has 1 aromatic carbocycles. The quantitative estimate of drug-likeness (QED) is 0.555. The van der Waals surface area contributed by atoms with E-state index in [1.54, 1.807) is 7.11 Å². The fourth-order valence-corrected chi connectivity index (χ4v) is 4.23. The number of para-hydroxylation sites is 1. The largest absolute Gasteiger partial charge is 0.383 e. The van der Waals surface area contributed by atoms with E-state index < -0.39 is 0 Å². The van der Waals surface area contributed by atoms with E-state index in [4.69, 9.17) is 4.74 Å². The van der Waals surface area contributed by atoms with Gasteiger partial charge in [0.1, 0.15) is 0 Å². The molecule has 0 radical (unpaired) electrons. The van der Waals surface area contributed by atoms with Gasteiger partial charge in [0.25, 0.3) is 0 Å². The summed E-state index contributed by atoms with van der Waals surface area (Å²) in [6.07, 6.45) is 4.91. The lowest BCUT2D eigenvalue weighted by molar-refractivity contribution is 0.121. The van der Waals surface area contributed by atoms with Crippen LogP contribution in [0.25, 0.3) is 0 Å². The summed E-state index contributed by atoms with van der Waals surface area (Å²) in [7, 11) is 3.65. The molecule has 28 heavy (non-hydrogen) atoms. The van der Waals surface area contributed by atoms with Crippen LogP contribution in [0.15, 0.2) is 35.3 Å². The van der Waals surface area contributed by atoms with Gasteiger partial charge in [-0.15, -0.1) is 0 Å². The Kier molecular flexibility index (Phi) is 8.42. The number of rotatable bonds is 7. The number of aliphatic imine (C=N–C) groups is 1. The van der Waals surface area contributed by atoms with Crippen LogP contribution in [0.2, 0.25) is 0 Å². The van der Waals surface area contributed by atoms with Crippen LogP contribution in [0, 0.1) is 5.92 Å². The van der Waals surface area contributed by atoms with Crippen molar-refractivity contribution in [3.05, 3.63) is 30.3 Å². The Bertz CT molecular complexity index is 586. The predicted octanol–water partition coefficient (Wildman–Crippen LogP) is 2.18. The molecule has 1 aromatic rings. The van der Waals surface area contributed by atoms with Gasteiger partial charge in [0.05, 0.1) is 6.61 Å². The molecule has 1 atom stereocenters. The number of anilines is 1. The highest BCUT2D eigenvalue weighted by Gasteiger charge is 2.22. The van der Waals surface area contributed by atoms with E-state index in [-0.39, 0.29) is 0 Å². The number of nitrogens with zero attached hydrogens (tertiary/aromatic N) is 3. The minimum absolute atomic E-state index is 0.441. The van der Waals surface area contributed by atoms with Gasteiger partial charge in [-0.1, -0.05) is 18.2 Å². The summed E-state index contributed by atoms with van der Waals surface area (Å²) in [4.78, 5) is 9.45. The molecule has 2 heterocycles. The van der Waals surface area contributed by atoms with Crippen molar-refractivity contribution in [2.75, 3.05) is 64.9 Å². The number of ether oxygens (including phenoxy) is 1. The number of likely N-dealkylation sites (tertiary alicyclic amines) is 1. The first kappa shape index (κ1) is 20.9. The molecule has 156 valence electrons. The molecule has 2 N–H and O–H groups in total. The smallest absolute Gasteiger partial charge is 0.191 e. The molecule has 0 amide bonds. The normalized spacial score (nSPS) is 22.3. The first-order valence-electron chi connectivity index (χ1n) is 10.8. The van der Waals surface area contributed by atoms with E-state index in [0.29, 0.717) is 6.04 Å². The lowest BCUT2D eigenvalue weighted by Gasteiger charge is -2.36. The van der Waals surface area contributed by atoms with E-state index in [1.165, 1.54) is 44.5 Å². The summed E-state index contributed by atoms with van der Waals surface area (Å²) in [6, 6.07) is 11.2. The standard InChI is InChI=1S/C22H37N5O/c1-23-22(24-17-19-10-13-26(14-11-19)15-16-28-2)25-20-7-6-12-27(18-20)21-8-4-3-5-9-21/h3-5,8-9,19-20H,6-7,10-18H2,1-2H3,(H2,23,24,25). The monoisotopic (exact) mass is 387 g/mol. The van der Waals surface area contributed by atoms with Crippen molar-refractivity contribution >= 4 is 11.6 Å². The fraction of sp³-hybridized carbons (Fsp3) is 0.682. The van der Waals surface area contributed by atoms with Crippen molar-refractivity contribution in [2.24, 2.45) is 10.9 Å². The maximum absolute atomic E-state index is 5.19. The van der Waals surface area contributed by atoms with Crippen LogP contribution in [0.4, 0.5) is 5.69 Å². The van der Waals surface area contributed by atoms with Crippen LogP contribution >= 0.6 is 0 Å². The van der Waals surface area contributed by atoms with E-state index in [0.717, 1.165) is 44.7 Å². The zero-order valence-corrected chi connectivity index (χ0v) is 17.6. The Morgan fingerprint density at radius 3 is 2.64 bits per heavy atom. The van der Waals surface area contributed by atoms with Crippen molar-refractivity contribution in [1.29, 1.82) is 0 Å². The molecule has 2 aliphatic rings. The first-order valence-corrected chi connectivity index (χ1v) is 10.8. The highest BCUT2D eigenvalue weighted by Crippen LogP contribution is 2.19. The SMILES string of the molecule is CN=C(NCC1CCN(CCOC)CC1)NC1CCCN(c2ccccc2)C1. The van der Waals surface area contributed by atoms with Gasteiger partial charge in [0, 0.05) is 52.1 Å². The van der Waals surface area contributed by atoms with E-state index in [1.807, 2.05) is 7.05 Å².